The van der Waals surface area contributed by atoms with E-state index in [0.29, 0.717) is 31.9 Å². The predicted molar refractivity (Wildman–Crippen MR) is 109 cm³/mol. The van der Waals surface area contributed by atoms with Crippen molar-refractivity contribution in [1.29, 1.82) is 0 Å². The molecule has 152 valence electrons. The van der Waals surface area contributed by atoms with Crippen molar-refractivity contribution in [2.24, 2.45) is 0 Å². The SMILES string of the molecule is Cc1c(C(=O)N(CCCOc2ccccc2)C2CCOCC2)cnc2ccnn12. The topological polar surface area (TPSA) is 69.0 Å². The number of hydrogen-bond donors (Lipinski definition) is 0. The van der Waals surface area contributed by atoms with E-state index in [1.807, 2.05) is 48.2 Å². The molecule has 7 heteroatoms. The summed E-state index contributed by atoms with van der Waals surface area (Å²) in [5, 5.41) is 4.29. The van der Waals surface area contributed by atoms with Crippen LogP contribution in [0.4, 0.5) is 0 Å². The third-order valence-corrected chi connectivity index (χ3v) is 5.33. The number of carbonyl (C=O) groups is 1. The molecule has 1 aromatic carbocycles. The molecule has 1 aliphatic heterocycles. The van der Waals surface area contributed by atoms with E-state index >= 15 is 0 Å². The molecular weight excluding hydrogens is 368 g/mol. The maximum absolute atomic E-state index is 13.5. The molecule has 4 rings (SSSR count). The molecule has 0 radical (unpaired) electrons. The highest BCUT2D eigenvalue weighted by Crippen LogP contribution is 2.20. The van der Waals surface area contributed by atoms with Gasteiger partial charge in [0, 0.05) is 38.1 Å². The van der Waals surface area contributed by atoms with Crippen LogP contribution in [0.1, 0.15) is 35.3 Å². The Morgan fingerprint density at radius 2 is 2.03 bits per heavy atom. The first-order chi connectivity index (χ1) is 14.2. The molecule has 1 amide bonds. The zero-order valence-electron chi connectivity index (χ0n) is 16.7. The summed E-state index contributed by atoms with van der Waals surface area (Å²) >= 11 is 0. The molecule has 0 spiro atoms. The number of benzene rings is 1. The Balaban J connectivity index is 1.48. The number of carbonyl (C=O) groups excluding carboxylic acids is 1. The van der Waals surface area contributed by atoms with Crippen molar-refractivity contribution in [2.45, 2.75) is 32.2 Å². The van der Waals surface area contributed by atoms with Crippen LogP contribution < -0.4 is 4.74 Å². The number of para-hydroxylation sites is 1. The molecule has 29 heavy (non-hydrogen) atoms. The third-order valence-electron chi connectivity index (χ3n) is 5.33. The maximum Gasteiger partial charge on any atom is 0.257 e. The van der Waals surface area contributed by atoms with Crippen LogP contribution >= 0.6 is 0 Å². The van der Waals surface area contributed by atoms with Gasteiger partial charge in [-0.3, -0.25) is 4.79 Å². The van der Waals surface area contributed by atoms with E-state index in [1.165, 1.54) is 0 Å². The molecule has 0 aliphatic carbocycles. The molecule has 0 saturated carbocycles. The fourth-order valence-electron chi connectivity index (χ4n) is 3.74. The Hall–Kier alpha value is -2.93. The highest BCUT2D eigenvalue weighted by atomic mass is 16.5. The van der Waals surface area contributed by atoms with E-state index in [9.17, 15) is 4.79 Å². The van der Waals surface area contributed by atoms with Crippen LogP contribution in [-0.2, 0) is 4.74 Å². The molecule has 0 atom stereocenters. The van der Waals surface area contributed by atoms with Gasteiger partial charge in [0.15, 0.2) is 5.65 Å². The smallest absolute Gasteiger partial charge is 0.257 e. The summed E-state index contributed by atoms with van der Waals surface area (Å²) in [4.78, 5) is 19.8. The maximum atomic E-state index is 13.5. The molecule has 1 aliphatic rings. The molecule has 3 aromatic rings. The van der Waals surface area contributed by atoms with Crippen LogP contribution in [0, 0.1) is 6.92 Å². The summed E-state index contributed by atoms with van der Waals surface area (Å²) < 4.78 is 13.0. The van der Waals surface area contributed by atoms with Gasteiger partial charge in [0.05, 0.1) is 24.1 Å². The Kier molecular flexibility index (Phi) is 6.05. The van der Waals surface area contributed by atoms with Crippen molar-refractivity contribution in [3.8, 4) is 5.75 Å². The van der Waals surface area contributed by atoms with Gasteiger partial charge in [0.25, 0.3) is 5.91 Å². The molecule has 0 bridgehead atoms. The zero-order valence-corrected chi connectivity index (χ0v) is 16.7. The molecule has 3 heterocycles. The Bertz CT molecular complexity index is 951. The van der Waals surface area contributed by atoms with E-state index in [2.05, 4.69) is 10.1 Å². The van der Waals surface area contributed by atoms with Gasteiger partial charge < -0.3 is 14.4 Å². The lowest BCUT2D eigenvalue weighted by atomic mass is 10.0. The normalized spacial score (nSPS) is 14.8. The first-order valence-corrected chi connectivity index (χ1v) is 10.1. The van der Waals surface area contributed by atoms with Crippen molar-refractivity contribution < 1.29 is 14.3 Å². The van der Waals surface area contributed by atoms with E-state index in [0.717, 1.165) is 36.4 Å². The van der Waals surface area contributed by atoms with Crippen LogP contribution in [-0.4, -0.2) is 57.8 Å². The van der Waals surface area contributed by atoms with Crippen molar-refractivity contribution in [1.82, 2.24) is 19.5 Å². The van der Waals surface area contributed by atoms with Gasteiger partial charge in [-0.15, -0.1) is 0 Å². The lowest BCUT2D eigenvalue weighted by Crippen LogP contribution is -2.44. The van der Waals surface area contributed by atoms with E-state index < -0.39 is 0 Å². The van der Waals surface area contributed by atoms with Crippen LogP contribution in [0.3, 0.4) is 0 Å². The highest BCUT2D eigenvalue weighted by Gasteiger charge is 2.28. The van der Waals surface area contributed by atoms with Crippen molar-refractivity contribution in [2.75, 3.05) is 26.4 Å². The number of rotatable bonds is 7. The Morgan fingerprint density at radius 1 is 1.24 bits per heavy atom. The second kappa shape index (κ2) is 9.05. The minimum atomic E-state index is -0.000916. The summed E-state index contributed by atoms with van der Waals surface area (Å²) in [6.07, 6.45) is 5.82. The third kappa shape index (κ3) is 4.40. The Labute approximate surface area is 170 Å². The Morgan fingerprint density at radius 3 is 2.83 bits per heavy atom. The molecule has 1 fully saturated rings. The van der Waals surface area contributed by atoms with E-state index in [4.69, 9.17) is 9.47 Å². The summed E-state index contributed by atoms with van der Waals surface area (Å²) in [7, 11) is 0. The van der Waals surface area contributed by atoms with Crippen molar-refractivity contribution in [3.63, 3.8) is 0 Å². The van der Waals surface area contributed by atoms with Gasteiger partial charge in [-0.2, -0.15) is 5.10 Å². The number of fused-ring (bicyclic) bond motifs is 1. The van der Waals surface area contributed by atoms with Gasteiger partial charge in [0.1, 0.15) is 5.75 Å². The van der Waals surface area contributed by atoms with Gasteiger partial charge in [0.2, 0.25) is 0 Å². The number of hydrogen-bond acceptors (Lipinski definition) is 5. The minimum Gasteiger partial charge on any atom is -0.494 e. The first-order valence-electron chi connectivity index (χ1n) is 10.1. The van der Waals surface area contributed by atoms with Crippen LogP contribution in [0.25, 0.3) is 5.65 Å². The fraction of sp³-hybridized carbons (Fsp3) is 0.409. The number of nitrogens with zero attached hydrogens (tertiary/aromatic N) is 4. The fourth-order valence-corrected chi connectivity index (χ4v) is 3.74. The zero-order chi connectivity index (χ0) is 20.1. The molecule has 0 unspecified atom stereocenters. The number of amides is 1. The number of aryl methyl sites for hydroxylation is 1. The highest BCUT2D eigenvalue weighted by molar-refractivity contribution is 5.95. The first kappa shape index (κ1) is 19.4. The molecule has 1 saturated heterocycles. The van der Waals surface area contributed by atoms with Gasteiger partial charge in [-0.25, -0.2) is 9.50 Å². The molecule has 7 nitrogen and oxygen atoms in total. The van der Waals surface area contributed by atoms with E-state index in [1.54, 1.807) is 16.9 Å². The summed E-state index contributed by atoms with van der Waals surface area (Å²) in [5.41, 5.74) is 2.15. The van der Waals surface area contributed by atoms with Crippen LogP contribution in [0.15, 0.2) is 48.8 Å². The lowest BCUT2D eigenvalue weighted by Gasteiger charge is -2.34. The standard InChI is InChI=1S/C22H26N4O3/c1-17-20(16-23-21-8-11-24-26(17)21)22(27)25(18-9-14-28-15-10-18)12-5-13-29-19-6-3-2-4-7-19/h2-4,6-8,11,16,18H,5,9-10,12-15H2,1H3. The average molecular weight is 394 g/mol. The number of ether oxygens (including phenoxy) is 2. The number of aromatic nitrogens is 3. The summed E-state index contributed by atoms with van der Waals surface area (Å²) in [6, 6.07) is 11.7. The van der Waals surface area contributed by atoms with Gasteiger partial charge >= 0.3 is 0 Å². The molecule has 2 aromatic heterocycles. The van der Waals surface area contributed by atoms with Crippen molar-refractivity contribution in [3.05, 3.63) is 60.0 Å². The second-order valence-corrected chi connectivity index (χ2v) is 7.22. The second-order valence-electron chi connectivity index (χ2n) is 7.22. The van der Waals surface area contributed by atoms with Crippen molar-refractivity contribution >= 4 is 11.6 Å². The molecular formula is C22H26N4O3. The quantitative estimate of drug-likeness (QED) is 0.576. The predicted octanol–water partition coefficient (Wildman–Crippen LogP) is 3.13. The lowest BCUT2D eigenvalue weighted by molar-refractivity contribution is 0.0277. The van der Waals surface area contributed by atoms with Gasteiger partial charge in [-0.05, 0) is 38.3 Å². The summed E-state index contributed by atoms with van der Waals surface area (Å²) in [5.74, 6) is 0.847. The monoisotopic (exact) mass is 394 g/mol. The largest absolute Gasteiger partial charge is 0.494 e. The van der Waals surface area contributed by atoms with Gasteiger partial charge in [-0.1, -0.05) is 18.2 Å². The van der Waals surface area contributed by atoms with Crippen LogP contribution in [0.5, 0.6) is 5.75 Å². The minimum absolute atomic E-state index is 0.000916. The average Bonchev–Trinajstić information content (AvgIpc) is 3.25. The summed E-state index contributed by atoms with van der Waals surface area (Å²) in [6.45, 7) is 4.48. The molecule has 0 N–H and O–H groups in total. The van der Waals surface area contributed by atoms with E-state index in [-0.39, 0.29) is 11.9 Å². The van der Waals surface area contributed by atoms with Crippen LogP contribution in [0.2, 0.25) is 0 Å².